The van der Waals surface area contributed by atoms with Crippen molar-refractivity contribution in [2.24, 2.45) is 11.0 Å². The van der Waals surface area contributed by atoms with Gasteiger partial charge in [-0.25, -0.2) is 0 Å². The molecule has 0 amide bonds. The van der Waals surface area contributed by atoms with Crippen LogP contribution in [0.3, 0.4) is 0 Å². The van der Waals surface area contributed by atoms with Crippen molar-refractivity contribution in [3.05, 3.63) is 0 Å². The highest BCUT2D eigenvalue weighted by atomic mass is 32.1. The molecule has 1 aliphatic carbocycles. The highest BCUT2D eigenvalue weighted by Crippen LogP contribution is 2.23. The summed E-state index contributed by atoms with van der Waals surface area (Å²) in [6, 6.07) is 0.519. The summed E-state index contributed by atoms with van der Waals surface area (Å²) in [7, 11) is 0. The minimum absolute atomic E-state index is 0.519. The van der Waals surface area contributed by atoms with Crippen LogP contribution < -0.4 is 10.7 Å². The molecule has 92 valence electrons. The number of thiocarbonyl (C=S) groups is 1. The Morgan fingerprint density at radius 2 is 2.06 bits per heavy atom. The van der Waals surface area contributed by atoms with Gasteiger partial charge in [-0.1, -0.05) is 26.7 Å². The number of hydrazone groups is 1. The average molecular weight is 241 g/mol. The molecule has 0 heterocycles. The number of hydrogen-bond donors (Lipinski definition) is 2. The topological polar surface area (TPSA) is 36.4 Å². The summed E-state index contributed by atoms with van der Waals surface area (Å²) in [4.78, 5) is 0. The molecule has 1 saturated carbocycles. The fourth-order valence-electron chi connectivity index (χ4n) is 1.96. The Morgan fingerprint density at radius 1 is 1.38 bits per heavy atom. The van der Waals surface area contributed by atoms with Gasteiger partial charge in [0.2, 0.25) is 0 Å². The van der Waals surface area contributed by atoms with Gasteiger partial charge >= 0.3 is 0 Å². The number of nitrogens with one attached hydrogen (secondary N) is 2. The van der Waals surface area contributed by atoms with E-state index in [1.807, 2.05) is 6.92 Å². The molecule has 0 radical (unpaired) electrons. The predicted molar refractivity (Wildman–Crippen MR) is 73.7 cm³/mol. The minimum atomic E-state index is 0.519. The smallest absolute Gasteiger partial charge is 0.187 e. The van der Waals surface area contributed by atoms with Gasteiger partial charge in [0.25, 0.3) is 0 Å². The third kappa shape index (κ3) is 4.47. The van der Waals surface area contributed by atoms with Crippen molar-refractivity contribution in [1.82, 2.24) is 10.7 Å². The summed E-state index contributed by atoms with van der Waals surface area (Å²) >= 11 is 5.22. The molecule has 0 spiro atoms. The molecule has 1 rings (SSSR count). The third-order valence-electron chi connectivity index (χ3n) is 3.29. The number of hydrogen-bond acceptors (Lipinski definition) is 2. The van der Waals surface area contributed by atoms with Gasteiger partial charge in [-0.05, 0) is 44.3 Å². The van der Waals surface area contributed by atoms with E-state index in [4.69, 9.17) is 12.2 Å². The summed E-state index contributed by atoms with van der Waals surface area (Å²) < 4.78 is 0. The first kappa shape index (κ1) is 13.4. The maximum absolute atomic E-state index is 5.22. The standard InChI is InChI=1S/C12H23N3S/c1-4-10(3)14-15-12(16)13-11-8-6-5-7-9(11)2/h9,11H,4-8H2,1-3H3,(H2,13,15,16)/b14-10-/t9-,11-/m1/s1. The SMILES string of the molecule is CC/C(C)=N\NC(=S)N[C@@H]1CCCC[C@H]1C. The fourth-order valence-corrected chi connectivity index (χ4v) is 2.15. The molecule has 1 fully saturated rings. The Labute approximate surface area is 104 Å². The van der Waals surface area contributed by atoms with Crippen LogP contribution >= 0.6 is 12.2 Å². The van der Waals surface area contributed by atoms with E-state index in [0.717, 1.165) is 12.1 Å². The molecule has 16 heavy (non-hydrogen) atoms. The molecule has 2 N–H and O–H groups in total. The van der Waals surface area contributed by atoms with Crippen molar-refractivity contribution in [2.45, 2.75) is 58.9 Å². The van der Waals surface area contributed by atoms with Crippen LogP contribution in [0, 0.1) is 5.92 Å². The Hall–Kier alpha value is -0.640. The quantitative estimate of drug-likeness (QED) is 0.453. The molecule has 0 aromatic carbocycles. The van der Waals surface area contributed by atoms with Crippen molar-refractivity contribution in [3.63, 3.8) is 0 Å². The highest BCUT2D eigenvalue weighted by Gasteiger charge is 2.21. The molecule has 3 nitrogen and oxygen atoms in total. The van der Waals surface area contributed by atoms with E-state index >= 15 is 0 Å². The number of nitrogens with zero attached hydrogens (tertiary/aromatic N) is 1. The Morgan fingerprint density at radius 3 is 2.69 bits per heavy atom. The number of rotatable bonds is 3. The van der Waals surface area contributed by atoms with E-state index in [9.17, 15) is 0 Å². The highest BCUT2D eigenvalue weighted by molar-refractivity contribution is 7.80. The van der Waals surface area contributed by atoms with Crippen LogP contribution in [0.1, 0.15) is 52.9 Å². The molecule has 0 bridgehead atoms. The van der Waals surface area contributed by atoms with E-state index in [0.29, 0.717) is 17.1 Å². The van der Waals surface area contributed by atoms with Crippen LogP contribution in [0.2, 0.25) is 0 Å². The van der Waals surface area contributed by atoms with Crippen LogP contribution in [0.5, 0.6) is 0 Å². The summed E-state index contributed by atoms with van der Waals surface area (Å²) in [5.74, 6) is 0.713. The monoisotopic (exact) mass is 241 g/mol. The van der Waals surface area contributed by atoms with Crippen molar-refractivity contribution >= 4 is 23.0 Å². The van der Waals surface area contributed by atoms with E-state index in [1.54, 1.807) is 0 Å². The van der Waals surface area contributed by atoms with Gasteiger partial charge in [-0.15, -0.1) is 0 Å². The summed E-state index contributed by atoms with van der Waals surface area (Å²) in [5, 5.41) is 8.22. The molecule has 0 aromatic heterocycles. The molecular weight excluding hydrogens is 218 g/mol. The Bertz CT molecular complexity index is 263. The lowest BCUT2D eigenvalue weighted by Gasteiger charge is -2.30. The van der Waals surface area contributed by atoms with Crippen LogP contribution in [-0.2, 0) is 0 Å². The van der Waals surface area contributed by atoms with Gasteiger partial charge in [-0.3, -0.25) is 5.43 Å². The second-order valence-electron chi connectivity index (χ2n) is 4.65. The lowest BCUT2D eigenvalue weighted by Crippen LogP contribution is -2.44. The molecule has 0 aromatic rings. The van der Waals surface area contributed by atoms with Crippen LogP contribution in [0.15, 0.2) is 5.10 Å². The van der Waals surface area contributed by atoms with E-state index < -0.39 is 0 Å². The fraction of sp³-hybridized carbons (Fsp3) is 0.833. The maximum atomic E-state index is 5.22. The largest absolute Gasteiger partial charge is 0.358 e. The van der Waals surface area contributed by atoms with E-state index in [2.05, 4.69) is 29.7 Å². The first-order chi connectivity index (χ1) is 7.63. The molecule has 1 aliphatic rings. The van der Waals surface area contributed by atoms with Crippen LogP contribution in [-0.4, -0.2) is 16.9 Å². The van der Waals surface area contributed by atoms with Gasteiger partial charge < -0.3 is 5.32 Å². The third-order valence-corrected chi connectivity index (χ3v) is 3.50. The van der Waals surface area contributed by atoms with Gasteiger partial charge in [-0.2, -0.15) is 5.10 Å². The predicted octanol–water partition coefficient (Wildman–Crippen LogP) is 2.82. The van der Waals surface area contributed by atoms with Crippen LogP contribution in [0.25, 0.3) is 0 Å². The second kappa shape index (κ2) is 6.84. The van der Waals surface area contributed by atoms with Crippen molar-refractivity contribution in [1.29, 1.82) is 0 Å². The average Bonchev–Trinajstić information content (AvgIpc) is 2.29. The molecule has 0 aliphatic heterocycles. The summed E-state index contributed by atoms with van der Waals surface area (Å²) in [6.07, 6.45) is 6.14. The lowest BCUT2D eigenvalue weighted by atomic mass is 9.86. The molecule has 0 unspecified atom stereocenters. The zero-order valence-corrected chi connectivity index (χ0v) is 11.4. The van der Waals surface area contributed by atoms with Crippen molar-refractivity contribution in [2.75, 3.05) is 0 Å². The van der Waals surface area contributed by atoms with Gasteiger partial charge in [0.05, 0.1) is 0 Å². The lowest BCUT2D eigenvalue weighted by molar-refractivity contribution is 0.308. The molecular formula is C12H23N3S. The Balaban J connectivity index is 2.33. The first-order valence-electron chi connectivity index (χ1n) is 6.23. The minimum Gasteiger partial charge on any atom is -0.358 e. The normalized spacial score (nSPS) is 26.3. The summed E-state index contributed by atoms with van der Waals surface area (Å²) in [5.41, 5.74) is 3.98. The van der Waals surface area contributed by atoms with Crippen LogP contribution in [0.4, 0.5) is 0 Å². The van der Waals surface area contributed by atoms with Gasteiger partial charge in [0, 0.05) is 11.8 Å². The van der Waals surface area contributed by atoms with Gasteiger partial charge in [0.1, 0.15) is 0 Å². The summed E-state index contributed by atoms with van der Waals surface area (Å²) in [6.45, 7) is 6.37. The maximum Gasteiger partial charge on any atom is 0.187 e. The van der Waals surface area contributed by atoms with Gasteiger partial charge in [0.15, 0.2) is 5.11 Å². The van der Waals surface area contributed by atoms with Crippen molar-refractivity contribution < 1.29 is 0 Å². The van der Waals surface area contributed by atoms with E-state index in [-0.39, 0.29) is 0 Å². The Kier molecular flexibility index (Phi) is 5.74. The molecule has 4 heteroatoms. The van der Waals surface area contributed by atoms with Crippen molar-refractivity contribution in [3.8, 4) is 0 Å². The first-order valence-corrected chi connectivity index (χ1v) is 6.64. The zero-order valence-electron chi connectivity index (χ0n) is 10.5. The second-order valence-corrected chi connectivity index (χ2v) is 5.06. The molecule has 2 atom stereocenters. The zero-order chi connectivity index (χ0) is 12.0. The molecule has 0 saturated heterocycles. The van der Waals surface area contributed by atoms with E-state index in [1.165, 1.54) is 25.7 Å².